The van der Waals surface area contributed by atoms with E-state index in [2.05, 4.69) is 18.9 Å². The molecule has 0 aliphatic heterocycles. The average Bonchev–Trinajstić information content (AvgIpc) is 3.20. The number of nitrogens with zero attached hydrogens (tertiary/aromatic N) is 3. The molecule has 0 saturated heterocycles. The van der Waals surface area contributed by atoms with Gasteiger partial charge in [0.2, 0.25) is 0 Å². The lowest BCUT2D eigenvalue weighted by Gasteiger charge is -2.51. The molecule has 5 saturated carbocycles. The van der Waals surface area contributed by atoms with Crippen molar-refractivity contribution >= 4 is 11.9 Å². The molecule has 5 aliphatic carbocycles. The normalized spacial score (nSPS) is 37.2. The van der Waals surface area contributed by atoms with Crippen LogP contribution in [0.5, 0.6) is 0 Å². The maximum Gasteiger partial charge on any atom is 0.433 e. The molecule has 0 spiro atoms. The van der Waals surface area contributed by atoms with Crippen LogP contribution in [0.15, 0.2) is 6.20 Å². The maximum atomic E-state index is 14.3. The highest BCUT2D eigenvalue weighted by molar-refractivity contribution is 5.95. The first-order chi connectivity index (χ1) is 14.8. The fourth-order valence-corrected chi connectivity index (χ4v) is 7.09. The van der Waals surface area contributed by atoms with Gasteiger partial charge in [0.1, 0.15) is 0 Å². The Labute approximate surface area is 185 Å². The van der Waals surface area contributed by atoms with Crippen LogP contribution < -0.4 is 0 Å². The number of carbonyl (C=O) groups excluding carboxylic acids is 1. The van der Waals surface area contributed by atoms with Gasteiger partial charge in [-0.1, -0.05) is 13.8 Å². The van der Waals surface area contributed by atoms with Crippen molar-refractivity contribution in [2.45, 2.75) is 83.0 Å². The summed E-state index contributed by atoms with van der Waals surface area (Å²) in [4.78, 5) is 26.4. The summed E-state index contributed by atoms with van der Waals surface area (Å²) in [6, 6.07) is -0.0475. The first kappa shape index (κ1) is 21.8. The van der Waals surface area contributed by atoms with Gasteiger partial charge in [-0.3, -0.25) is 14.3 Å². The summed E-state index contributed by atoms with van der Waals surface area (Å²) >= 11 is 0. The molecule has 5 fully saturated rings. The van der Waals surface area contributed by atoms with Gasteiger partial charge in [-0.25, -0.2) is 0 Å². The van der Waals surface area contributed by atoms with Crippen LogP contribution in [0.1, 0.15) is 81.3 Å². The molecule has 0 radical (unpaired) electrons. The summed E-state index contributed by atoms with van der Waals surface area (Å²) in [5.41, 5.74) is -2.81. The van der Waals surface area contributed by atoms with Gasteiger partial charge in [-0.15, -0.1) is 0 Å². The minimum absolute atomic E-state index is 0.0475. The molecule has 32 heavy (non-hydrogen) atoms. The lowest BCUT2D eigenvalue weighted by molar-refractivity contribution is -0.163. The highest BCUT2D eigenvalue weighted by atomic mass is 19.4. The first-order valence-electron chi connectivity index (χ1n) is 11.5. The topological polar surface area (TPSA) is 75.4 Å². The lowest BCUT2D eigenvalue weighted by atomic mass is 9.57. The van der Waals surface area contributed by atoms with E-state index in [0.29, 0.717) is 50.4 Å². The molecule has 1 aromatic heterocycles. The van der Waals surface area contributed by atoms with Crippen LogP contribution in [-0.4, -0.2) is 44.8 Å². The van der Waals surface area contributed by atoms with Gasteiger partial charge in [0.15, 0.2) is 5.69 Å². The molecule has 2 bridgehead atoms. The van der Waals surface area contributed by atoms with Crippen LogP contribution in [0.25, 0.3) is 0 Å². The van der Waals surface area contributed by atoms with Gasteiger partial charge in [0, 0.05) is 13.1 Å². The molecule has 1 amide bonds. The fourth-order valence-electron chi connectivity index (χ4n) is 7.09. The van der Waals surface area contributed by atoms with Crippen molar-refractivity contribution in [1.82, 2.24) is 14.7 Å². The summed E-state index contributed by atoms with van der Waals surface area (Å²) < 4.78 is 43.8. The Morgan fingerprint density at radius 2 is 1.62 bits per heavy atom. The van der Waals surface area contributed by atoms with Crippen LogP contribution in [0.4, 0.5) is 13.2 Å². The first-order valence-corrected chi connectivity index (χ1v) is 11.5. The number of carbonyl (C=O) groups is 2. The molecule has 6 rings (SSSR count). The molecule has 9 heteroatoms. The molecule has 1 N–H and O–H groups in total. The number of hydrogen-bond acceptors (Lipinski definition) is 3. The van der Waals surface area contributed by atoms with Crippen molar-refractivity contribution < 1.29 is 27.9 Å². The molecule has 176 valence electrons. The predicted molar refractivity (Wildman–Crippen MR) is 109 cm³/mol. The number of carboxylic acids is 1. The van der Waals surface area contributed by atoms with Crippen molar-refractivity contribution in [3.05, 3.63) is 17.5 Å². The van der Waals surface area contributed by atoms with E-state index in [9.17, 15) is 27.9 Å². The van der Waals surface area contributed by atoms with E-state index < -0.39 is 40.3 Å². The van der Waals surface area contributed by atoms with Crippen LogP contribution in [0.3, 0.4) is 0 Å². The third-order valence-electron chi connectivity index (χ3n) is 9.59. The second-order valence-electron chi connectivity index (χ2n) is 11.2. The zero-order chi connectivity index (χ0) is 23.3. The summed E-state index contributed by atoms with van der Waals surface area (Å²) in [7, 11) is 1.60. The van der Waals surface area contributed by atoms with E-state index in [-0.39, 0.29) is 11.5 Å². The van der Waals surface area contributed by atoms with Crippen molar-refractivity contribution in [2.75, 3.05) is 7.05 Å². The molecule has 1 unspecified atom stereocenters. The van der Waals surface area contributed by atoms with E-state index in [4.69, 9.17) is 0 Å². The highest BCUT2D eigenvalue weighted by Gasteiger charge is 2.63. The smallest absolute Gasteiger partial charge is 0.433 e. The summed E-state index contributed by atoms with van der Waals surface area (Å²) in [6.07, 6.45) is 0.000282. The number of aromatic nitrogens is 2. The molecule has 3 atom stereocenters. The molecule has 1 aromatic rings. The average molecular weight is 454 g/mol. The Bertz CT molecular complexity index is 944. The van der Waals surface area contributed by atoms with Crippen molar-refractivity contribution in [3.63, 3.8) is 0 Å². The molecule has 6 nitrogen and oxygen atoms in total. The zero-order valence-electron chi connectivity index (χ0n) is 18.7. The number of aliphatic carboxylic acids is 1. The van der Waals surface area contributed by atoms with Gasteiger partial charge < -0.3 is 10.0 Å². The predicted octanol–water partition coefficient (Wildman–Crippen LogP) is 4.54. The summed E-state index contributed by atoms with van der Waals surface area (Å²) in [5.74, 6) is -0.427. The van der Waals surface area contributed by atoms with E-state index >= 15 is 0 Å². The Hall–Kier alpha value is -2.06. The molecular weight excluding hydrogens is 423 g/mol. The standard InChI is InChI=1S/C23H30F3N3O3/c1-20(2)15-10-13(11-16(15)20)28(3)18(30)14-12-27-29(17(14)23(24,25)26)22-7-4-21(5-8-22,6-9-22)19(31)32/h12-13,15-16H,4-11H2,1-3H3,(H,31,32)/t13-,15+,16?,21?,22?/m0/s1. The third kappa shape index (κ3) is 2.88. The van der Waals surface area contributed by atoms with Crippen LogP contribution in [0.2, 0.25) is 0 Å². The highest BCUT2D eigenvalue weighted by Crippen LogP contribution is 2.67. The Balaban J connectivity index is 1.43. The van der Waals surface area contributed by atoms with E-state index in [1.165, 1.54) is 4.90 Å². The Kier molecular flexibility index (Phi) is 4.42. The van der Waals surface area contributed by atoms with E-state index in [0.717, 1.165) is 23.7 Å². The molecular formula is C23H30F3N3O3. The van der Waals surface area contributed by atoms with Crippen LogP contribution >= 0.6 is 0 Å². The zero-order valence-corrected chi connectivity index (χ0v) is 18.7. The Morgan fingerprint density at radius 1 is 1.09 bits per heavy atom. The molecule has 1 heterocycles. The lowest BCUT2D eigenvalue weighted by Crippen LogP contribution is -2.52. The van der Waals surface area contributed by atoms with Crippen molar-refractivity contribution in [3.8, 4) is 0 Å². The van der Waals surface area contributed by atoms with Gasteiger partial charge in [0.25, 0.3) is 5.91 Å². The minimum Gasteiger partial charge on any atom is -0.481 e. The van der Waals surface area contributed by atoms with Crippen molar-refractivity contribution in [1.29, 1.82) is 0 Å². The van der Waals surface area contributed by atoms with Crippen LogP contribution in [0, 0.1) is 22.7 Å². The minimum atomic E-state index is -4.73. The van der Waals surface area contributed by atoms with Crippen LogP contribution in [-0.2, 0) is 16.5 Å². The second-order valence-corrected chi connectivity index (χ2v) is 11.2. The molecule has 5 aliphatic rings. The van der Waals surface area contributed by atoms with Crippen molar-refractivity contribution in [2.24, 2.45) is 22.7 Å². The monoisotopic (exact) mass is 453 g/mol. The van der Waals surface area contributed by atoms with Gasteiger partial charge in [-0.2, -0.15) is 18.3 Å². The number of rotatable bonds is 4. The number of hydrogen-bond donors (Lipinski definition) is 1. The summed E-state index contributed by atoms with van der Waals surface area (Å²) in [5, 5.41) is 13.7. The Morgan fingerprint density at radius 3 is 2.09 bits per heavy atom. The van der Waals surface area contributed by atoms with Gasteiger partial charge in [-0.05, 0) is 68.6 Å². The van der Waals surface area contributed by atoms with E-state index in [1.54, 1.807) is 7.05 Å². The quantitative estimate of drug-likeness (QED) is 0.726. The summed E-state index contributed by atoms with van der Waals surface area (Å²) in [6.45, 7) is 4.41. The maximum absolute atomic E-state index is 14.3. The van der Waals surface area contributed by atoms with Gasteiger partial charge >= 0.3 is 12.1 Å². The van der Waals surface area contributed by atoms with E-state index in [1.807, 2.05) is 0 Å². The molecule has 0 aromatic carbocycles. The number of fused-ring (bicyclic) bond motifs is 4. The number of amides is 1. The fraction of sp³-hybridized carbons (Fsp3) is 0.783. The SMILES string of the molecule is CN(C(=O)c1cnn(C23CCC(C(=O)O)(CC2)CC3)c1C(F)(F)F)[C@@H]1CC2[C@@H](C1)C2(C)C. The van der Waals surface area contributed by atoms with Gasteiger partial charge in [0.05, 0.1) is 22.7 Å². The second kappa shape index (κ2) is 6.50. The third-order valence-corrected chi connectivity index (χ3v) is 9.59. The number of alkyl halides is 3. The number of carboxylic acid groups (broad SMARTS) is 1. The number of halogens is 3. The largest absolute Gasteiger partial charge is 0.481 e.